The summed E-state index contributed by atoms with van der Waals surface area (Å²) in [5.74, 6) is 0.602. The Morgan fingerprint density at radius 3 is 3.09 bits per heavy atom. The normalized spacial score (nSPS) is 9.64. The highest BCUT2D eigenvalue weighted by Crippen LogP contribution is 2.13. The average molecular weight is 217 g/mol. The fourth-order valence-electron chi connectivity index (χ4n) is 0.628. The lowest BCUT2D eigenvalue weighted by Crippen LogP contribution is -2.11. The molecule has 0 radical (unpaired) electrons. The van der Waals surface area contributed by atoms with Crippen LogP contribution < -0.4 is 10.5 Å². The van der Waals surface area contributed by atoms with Gasteiger partial charge < -0.3 is 10.5 Å². The third kappa shape index (κ3) is 2.86. The Morgan fingerprint density at radius 1 is 1.64 bits per heavy atom. The van der Waals surface area contributed by atoms with E-state index in [1.165, 1.54) is 0 Å². The van der Waals surface area contributed by atoms with Crippen LogP contribution in [-0.2, 0) is 0 Å². The van der Waals surface area contributed by atoms with Crippen LogP contribution in [0, 0.1) is 0 Å². The van der Waals surface area contributed by atoms with Crippen molar-refractivity contribution in [3.8, 4) is 5.88 Å². The molecule has 1 aromatic heterocycles. The van der Waals surface area contributed by atoms with Crippen molar-refractivity contribution in [1.82, 2.24) is 4.98 Å². The first-order chi connectivity index (χ1) is 5.33. The molecule has 0 aromatic carbocycles. The molecule has 4 heteroatoms. The van der Waals surface area contributed by atoms with Gasteiger partial charge in [-0.2, -0.15) is 0 Å². The van der Waals surface area contributed by atoms with Gasteiger partial charge in [-0.25, -0.2) is 4.98 Å². The summed E-state index contributed by atoms with van der Waals surface area (Å²) in [5, 5.41) is 0. The zero-order chi connectivity index (χ0) is 8.10. The van der Waals surface area contributed by atoms with Crippen molar-refractivity contribution in [2.75, 3.05) is 13.2 Å². The number of halogens is 1. The Hall–Kier alpha value is -0.610. The Balaban J connectivity index is 2.56. The van der Waals surface area contributed by atoms with Crippen LogP contribution in [0.4, 0.5) is 0 Å². The molecule has 0 atom stereocenters. The lowest BCUT2D eigenvalue weighted by atomic mass is 10.5. The molecule has 1 aromatic rings. The summed E-state index contributed by atoms with van der Waals surface area (Å²) in [7, 11) is 0. The predicted molar refractivity (Wildman–Crippen MR) is 46.5 cm³/mol. The number of hydrogen-bond acceptors (Lipinski definition) is 3. The van der Waals surface area contributed by atoms with E-state index >= 15 is 0 Å². The molecule has 0 saturated carbocycles. The van der Waals surface area contributed by atoms with E-state index in [0.717, 1.165) is 4.47 Å². The third-order valence-electron chi connectivity index (χ3n) is 1.06. The molecule has 0 aliphatic heterocycles. The van der Waals surface area contributed by atoms with Crippen molar-refractivity contribution in [3.05, 3.63) is 22.8 Å². The molecule has 0 fully saturated rings. The van der Waals surface area contributed by atoms with Crippen molar-refractivity contribution in [1.29, 1.82) is 0 Å². The summed E-state index contributed by atoms with van der Waals surface area (Å²) in [6.45, 7) is 1.01. The van der Waals surface area contributed by atoms with Crippen molar-refractivity contribution >= 4 is 15.9 Å². The highest BCUT2D eigenvalue weighted by atomic mass is 79.9. The van der Waals surface area contributed by atoms with Gasteiger partial charge in [0.25, 0.3) is 0 Å². The topological polar surface area (TPSA) is 48.1 Å². The van der Waals surface area contributed by atoms with Crippen molar-refractivity contribution in [2.24, 2.45) is 5.73 Å². The first-order valence-electron chi connectivity index (χ1n) is 3.27. The van der Waals surface area contributed by atoms with Crippen LogP contribution in [-0.4, -0.2) is 18.1 Å². The average Bonchev–Trinajstić information content (AvgIpc) is 2.01. The quantitative estimate of drug-likeness (QED) is 0.826. The van der Waals surface area contributed by atoms with E-state index in [1.807, 2.05) is 6.07 Å². The Morgan fingerprint density at radius 2 is 2.45 bits per heavy atom. The molecule has 0 saturated heterocycles. The van der Waals surface area contributed by atoms with Gasteiger partial charge in [0, 0.05) is 23.3 Å². The molecule has 60 valence electrons. The van der Waals surface area contributed by atoms with E-state index in [-0.39, 0.29) is 0 Å². The molecule has 2 N–H and O–H groups in total. The smallest absolute Gasteiger partial charge is 0.214 e. The van der Waals surface area contributed by atoms with Gasteiger partial charge in [-0.3, -0.25) is 0 Å². The fraction of sp³-hybridized carbons (Fsp3) is 0.286. The summed E-state index contributed by atoms with van der Waals surface area (Å²) in [5.41, 5.74) is 5.25. The number of nitrogens with zero attached hydrogens (tertiary/aromatic N) is 1. The van der Waals surface area contributed by atoms with Gasteiger partial charge in [0.05, 0.1) is 0 Å². The molecule has 1 heterocycles. The van der Waals surface area contributed by atoms with Crippen LogP contribution in [0.25, 0.3) is 0 Å². The molecule has 1 rings (SSSR count). The molecule has 0 bridgehead atoms. The molecule has 3 nitrogen and oxygen atoms in total. The number of pyridine rings is 1. The van der Waals surface area contributed by atoms with E-state index in [1.54, 1.807) is 12.3 Å². The highest BCUT2D eigenvalue weighted by molar-refractivity contribution is 9.10. The minimum atomic E-state index is 0.503. The summed E-state index contributed by atoms with van der Waals surface area (Å²) in [4.78, 5) is 3.97. The third-order valence-corrected chi connectivity index (χ3v) is 1.56. The van der Waals surface area contributed by atoms with E-state index in [9.17, 15) is 0 Å². The lowest BCUT2D eigenvalue weighted by Gasteiger charge is -2.01. The summed E-state index contributed by atoms with van der Waals surface area (Å²) in [6, 6.07) is 3.64. The highest BCUT2D eigenvalue weighted by Gasteiger charge is 1.93. The predicted octanol–water partition coefficient (Wildman–Crippen LogP) is 1.18. The largest absolute Gasteiger partial charge is 0.476 e. The SMILES string of the molecule is NCCOc1cc(Br)ccn1. The van der Waals surface area contributed by atoms with Crippen molar-refractivity contribution in [2.45, 2.75) is 0 Å². The standard InChI is InChI=1S/C7H9BrN2O/c8-6-1-3-10-7(5-6)11-4-2-9/h1,3,5H,2,4,9H2. The molecule has 11 heavy (non-hydrogen) atoms. The van der Waals surface area contributed by atoms with Crippen LogP contribution >= 0.6 is 15.9 Å². The number of hydrogen-bond donors (Lipinski definition) is 1. The lowest BCUT2D eigenvalue weighted by molar-refractivity contribution is 0.315. The van der Waals surface area contributed by atoms with Gasteiger partial charge >= 0.3 is 0 Å². The second kappa shape index (κ2) is 4.31. The van der Waals surface area contributed by atoms with Gasteiger partial charge in [-0.1, -0.05) is 15.9 Å². The summed E-state index contributed by atoms with van der Waals surface area (Å²) < 4.78 is 6.13. The van der Waals surface area contributed by atoms with E-state index in [2.05, 4.69) is 20.9 Å². The second-order valence-corrected chi connectivity index (χ2v) is 2.87. The van der Waals surface area contributed by atoms with Gasteiger partial charge in [0.1, 0.15) is 6.61 Å². The summed E-state index contributed by atoms with van der Waals surface area (Å²) in [6.07, 6.45) is 1.68. The van der Waals surface area contributed by atoms with Crippen molar-refractivity contribution in [3.63, 3.8) is 0 Å². The van der Waals surface area contributed by atoms with Gasteiger partial charge in [-0.05, 0) is 6.07 Å². The minimum Gasteiger partial charge on any atom is -0.476 e. The second-order valence-electron chi connectivity index (χ2n) is 1.95. The molecule has 0 aliphatic carbocycles. The first-order valence-corrected chi connectivity index (χ1v) is 4.06. The molecule has 0 unspecified atom stereocenters. The maximum Gasteiger partial charge on any atom is 0.214 e. The van der Waals surface area contributed by atoms with Crippen LogP contribution in [0.1, 0.15) is 0 Å². The minimum absolute atomic E-state index is 0.503. The van der Waals surface area contributed by atoms with E-state index in [0.29, 0.717) is 19.0 Å². The Labute approximate surface area is 73.7 Å². The number of ether oxygens (including phenoxy) is 1. The molecule has 0 spiro atoms. The van der Waals surface area contributed by atoms with Gasteiger partial charge in [0.2, 0.25) is 5.88 Å². The molecule has 0 amide bonds. The van der Waals surface area contributed by atoms with Gasteiger partial charge in [0.15, 0.2) is 0 Å². The fourth-order valence-corrected chi connectivity index (χ4v) is 0.942. The summed E-state index contributed by atoms with van der Waals surface area (Å²) >= 11 is 3.30. The molecular weight excluding hydrogens is 208 g/mol. The van der Waals surface area contributed by atoms with Crippen LogP contribution in [0.15, 0.2) is 22.8 Å². The monoisotopic (exact) mass is 216 g/mol. The Kier molecular flexibility index (Phi) is 3.32. The zero-order valence-corrected chi connectivity index (χ0v) is 7.54. The zero-order valence-electron chi connectivity index (χ0n) is 5.96. The van der Waals surface area contributed by atoms with E-state index < -0.39 is 0 Å². The maximum atomic E-state index is 5.25. The van der Waals surface area contributed by atoms with Gasteiger partial charge in [-0.15, -0.1) is 0 Å². The van der Waals surface area contributed by atoms with Crippen LogP contribution in [0.5, 0.6) is 5.88 Å². The first kappa shape index (κ1) is 8.49. The molecular formula is C7H9BrN2O. The van der Waals surface area contributed by atoms with E-state index in [4.69, 9.17) is 10.5 Å². The number of rotatable bonds is 3. The Bertz CT molecular complexity index is 229. The maximum absolute atomic E-state index is 5.25. The number of aromatic nitrogens is 1. The molecule has 0 aliphatic rings. The number of nitrogens with two attached hydrogens (primary N) is 1. The van der Waals surface area contributed by atoms with Crippen LogP contribution in [0.3, 0.4) is 0 Å². The van der Waals surface area contributed by atoms with Crippen molar-refractivity contribution < 1.29 is 4.74 Å². The van der Waals surface area contributed by atoms with Crippen LogP contribution in [0.2, 0.25) is 0 Å².